The maximum atomic E-state index is 7.24. The highest BCUT2D eigenvalue weighted by Crippen LogP contribution is 2.21. The summed E-state index contributed by atoms with van der Waals surface area (Å²) in [5.74, 6) is 0. The van der Waals surface area contributed by atoms with Crippen molar-refractivity contribution < 1.29 is 13.3 Å². The molecule has 0 heterocycles. The predicted octanol–water partition coefficient (Wildman–Crippen LogP) is 3.69. The molecule has 1 aromatic rings. The van der Waals surface area contributed by atoms with Crippen molar-refractivity contribution in [1.29, 1.82) is 5.41 Å². The molecule has 1 unspecified atom stereocenters. The van der Waals surface area contributed by atoms with Gasteiger partial charge in [-0.05, 0) is 45.4 Å². The van der Waals surface area contributed by atoms with Crippen LogP contribution < -0.4 is 0 Å². The molecule has 4 nitrogen and oxygen atoms in total. The standard InChI is InChI=1S/C16H27NO3Si/c1-4-18-21(19-5-2,13-9-12-17)20-15(3)14-16-10-7-6-8-11-16/h6-8,10-12,15,17H,4-5,9,13-14H2,1-3H3. The summed E-state index contributed by atoms with van der Waals surface area (Å²) in [5, 5.41) is 7.24. The zero-order valence-electron chi connectivity index (χ0n) is 13.3. The van der Waals surface area contributed by atoms with Crippen LogP contribution in [0.25, 0.3) is 0 Å². The summed E-state index contributed by atoms with van der Waals surface area (Å²) >= 11 is 0. The third-order valence-electron chi connectivity index (χ3n) is 3.07. The molecular weight excluding hydrogens is 282 g/mol. The van der Waals surface area contributed by atoms with E-state index in [1.165, 1.54) is 11.8 Å². The maximum Gasteiger partial charge on any atom is 0.501 e. The Balaban J connectivity index is 2.70. The summed E-state index contributed by atoms with van der Waals surface area (Å²) in [6.07, 6.45) is 2.89. The summed E-state index contributed by atoms with van der Waals surface area (Å²) in [5.41, 5.74) is 1.24. The quantitative estimate of drug-likeness (QED) is 0.501. The molecule has 0 amide bonds. The Morgan fingerprint density at radius 3 is 2.29 bits per heavy atom. The molecule has 0 fully saturated rings. The van der Waals surface area contributed by atoms with E-state index in [0.29, 0.717) is 25.7 Å². The second-order valence-corrected chi connectivity index (χ2v) is 7.59. The topological polar surface area (TPSA) is 51.5 Å². The Kier molecular flexibility index (Phi) is 8.45. The lowest BCUT2D eigenvalue weighted by atomic mass is 10.1. The minimum atomic E-state index is -2.68. The van der Waals surface area contributed by atoms with Crippen LogP contribution >= 0.6 is 0 Å². The molecule has 5 heteroatoms. The fourth-order valence-electron chi connectivity index (χ4n) is 2.30. The summed E-state index contributed by atoms with van der Waals surface area (Å²) in [4.78, 5) is 0. The van der Waals surface area contributed by atoms with Gasteiger partial charge >= 0.3 is 8.80 Å². The first-order chi connectivity index (χ1) is 10.2. The van der Waals surface area contributed by atoms with Crippen molar-refractivity contribution in [2.75, 3.05) is 13.2 Å². The zero-order chi connectivity index (χ0) is 15.6. The van der Waals surface area contributed by atoms with Gasteiger partial charge in [-0.25, -0.2) is 0 Å². The van der Waals surface area contributed by atoms with Crippen LogP contribution in [0.5, 0.6) is 0 Å². The van der Waals surface area contributed by atoms with Crippen LogP contribution in [0, 0.1) is 5.41 Å². The highest BCUT2D eigenvalue weighted by atomic mass is 28.4. The zero-order valence-corrected chi connectivity index (χ0v) is 14.3. The van der Waals surface area contributed by atoms with Crippen molar-refractivity contribution in [2.45, 2.75) is 45.8 Å². The van der Waals surface area contributed by atoms with Crippen LogP contribution in [0.3, 0.4) is 0 Å². The molecular formula is C16H27NO3Si. The molecule has 0 aliphatic heterocycles. The van der Waals surface area contributed by atoms with Crippen LogP contribution in [0.15, 0.2) is 30.3 Å². The van der Waals surface area contributed by atoms with Crippen molar-refractivity contribution in [2.24, 2.45) is 0 Å². The monoisotopic (exact) mass is 309 g/mol. The molecule has 0 saturated heterocycles. The minimum absolute atomic E-state index is 0.0305. The van der Waals surface area contributed by atoms with E-state index in [2.05, 4.69) is 19.1 Å². The second-order valence-electron chi connectivity index (χ2n) is 4.91. The highest BCUT2D eigenvalue weighted by molar-refractivity contribution is 6.61. The largest absolute Gasteiger partial charge is 0.501 e. The van der Waals surface area contributed by atoms with E-state index in [9.17, 15) is 0 Å². The second kappa shape index (κ2) is 9.84. The molecule has 0 bridgehead atoms. The van der Waals surface area contributed by atoms with Gasteiger partial charge in [-0.15, -0.1) is 0 Å². The van der Waals surface area contributed by atoms with Crippen molar-refractivity contribution in [1.82, 2.24) is 0 Å². The van der Waals surface area contributed by atoms with Crippen molar-refractivity contribution in [3.8, 4) is 0 Å². The molecule has 0 aliphatic carbocycles. The predicted molar refractivity (Wildman–Crippen MR) is 87.9 cm³/mol. The van der Waals surface area contributed by atoms with E-state index in [1.807, 2.05) is 32.0 Å². The van der Waals surface area contributed by atoms with Crippen LogP contribution in [0.2, 0.25) is 6.04 Å². The number of nitrogens with one attached hydrogen (secondary N) is 1. The van der Waals surface area contributed by atoms with Crippen LogP contribution in [-0.4, -0.2) is 34.3 Å². The average Bonchev–Trinajstić information content (AvgIpc) is 2.46. The molecule has 1 aromatic carbocycles. The van der Waals surface area contributed by atoms with E-state index >= 15 is 0 Å². The molecule has 1 atom stereocenters. The Bertz CT molecular complexity index is 394. The molecule has 0 spiro atoms. The molecule has 1 N–H and O–H groups in total. The first-order valence-electron chi connectivity index (χ1n) is 7.64. The summed E-state index contributed by atoms with van der Waals surface area (Å²) in [7, 11) is -2.68. The van der Waals surface area contributed by atoms with Gasteiger partial charge in [-0.1, -0.05) is 30.3 Å². The van der Waals surface area contributed by atoms with Crippen LogP contribution in [0.1, 0.15) is 32.8 Å². The number of hydrogen-bond acceptors (Lipinski definition) is 4. The van der Waals surface area contributed by atoms with Gasteiger partial charge < -0.3 is 18.7 Å². The normalized spacial score (nSPS) is 13.1. The summed E-state index contributed by atoms with van der Waals surface area (Å²) in [6, 6.07) is 10.9. The minimum Gasteiger partial charge on any atom is -0.374 e. The average molecular weight is 309 g/mol. The van der Waals surface area contributed by atoms with Crippen molar-refractivity contribution in [3.63, 3.8) is 0 Å². The fraction of sp³-hybridized carbons (Fsp3) is 0.562. The van der Waals surface area contributed by atoms with Crippen LogP contribution in [0.4, 0.5) is 0 Å². The number of hydrogen-bond donors (Lipinski definition) is 1. The highest BCUT2D eigenvalue weighted by Gasteiger charge is 2.41. The van der Waals surface area contributed by atoms with E-state index in [1.54, 1.807) is 0 Å². The van der Waals surface area contributed by atoms with E-state index in [-0.39, 0.29) is 6.10 Å². The maximum absolute atomic E-state index is 7.24. The van der Waals surface area contributed by atoms with Crippen molar-refractivity contribution in [3.05, 3.63) is 35.9 Å². The van der Waals surface area contributed by atoms with Gasteiger partial charge in [0.15, 0.2) is 0 Å². The Hall–Kier alpha value is -1.01. The third kappa shape index (κ3) is 6.52. The summed E-state index contributed by atoms with van der Waals surface area (Å²) < 4.78 is 18.0. The Labute approximate surface area is 129 Å². The molecule has 1 rings (SSSR count). The van der Waals surface area contributed by atoms with Gasteiger partial charge in [0.25, 0.3) is 0 Å². The Morgan fingerprint density at radius 1 is 1.14 bits per heavy atom. The lowest BCUT2D eigenvalue weighted by Gasteiger charge is -2.31. The van der Waals surface area contributed by atoms with E-state index < -0.39 is 8.80 Å². The lowest BCUT2D eigenvalue weighted by Crippen LogP contribution is -2.48. The van der Waals surface area contributed by atoms with Gasteiger partial charge in [-0.3, -0.25) is 0 Å². The van der Waals surface area contributed by atoms with Gasteiger partial charge in [0, 0.05) is 19.3 Å². The number of benzene rings is 1. The van der Waals surface area contributed by atoms with Gasteiger partial charge in [-0.2, -0.15) is 0 Å². The third-order valence-corrected chi connectivity index (χ3v) is 6.19. The first kappa shape index (κ1) is 18.0. The molecule has 0 radical (unpaired) electrons. The number of rotatable bonds is 11. The molecule has 21 heavy (non-hydrogen) atoms. The molecule has 0 saturated carbocycles. The summed E-state index contributed by atoms with van der Waals surface area (Å²) in [6.45, 7) is 7.11. The molecule has 0 aromatic heterocycles. The van der Waals surface area contributed by atoms with Crippen molar-refractivity contribution >= 4 is 15.0 Å². The van der Waals surface area contributed by atoms with Gasteiger partial charge in [0.2, 0.25) is 0 Å². The lowest BCUT2D eigenvalue weighted by molar-refractivity contribution is 0.0390. The first-order valence-corrected chi connectivity index (χ1v) is 9.57. The molecule has 118 valence electrons. The Morgan fingerprint density at radius 2 is 1.76 bits per heavy atom. The molecule has 0 aliphatic rings. The van der Waals surface area contributed by atoms with Gasteiger partial charge in [0.1, 0.15) is 0 Å². The fourth-order valence-corrected chi connectivity index (χ4v) is 5.00. The van der Waals surface area contributed by atoms with E-state index in [4.69, 9.17) is 18.7 Å². The van der Waals surface area contributed by atoms with Gasteiger partial charge in [0.05, 0.1) is 6.10 Å². The smallest absolute Gasteiger partial charge is 0.374 e. The SMILES string of the molecule is CCO[Si](CCC=N)(OCC)OC(C)Cc1ccccc1. The van der Waals surface area contributed by atoms with Crippen LogP contribution in [-0.2, 0) is 19.7 Å². The van der Waals surface area contributed by atoms with E-state index in [0.717, 1.165) is 6.42 Å².